The van der Waals surface area contributed by atoms with Crippen LogP contribution in [0.25, 0.3) is 0 Å². The van der Waals surface area contributed by atoms with Crippen LogP contribution in [0.2, 0.25) is 0 Å². The van der Waals surface area contributed by atoms with Crippen LogP contribution in [0.1, 0.15) is 30.1 Å². The Bertz CT molecular complexity index is 676. The zero-order valence-electron chi connectivity index (χ0n) is 15.9. The van der Waals surface area contributed by atoms with Crippen molar-refractivity contribution in [3.8, 4) is 0 Å². The SMILES string of the molecule is CCCN1CCCN(c2ccc(C(=O)N3CCOCC3)cc2[N+](=O)[O-])CC1. The van der Waals surface area contributed by atoms with Gasteiger partial charge in [-0.25, -0.2) is 0 Å². The molecule has 2 fully saturated rings. The molecule has 0 unspecified atom stereocenters. The second kappa shape index (κ2) is 9.14. The number of ether oxygens (including phenoxy) is 1. The molecule has 1 aromatic rings. The van der Waals surface area contributed by atoms with Crippen LogP contribution in [0.4, 0.5) is 11.4 Å². The van der Waals surface area contributed by atoms with Gasteiger partial charge in [0.25, 0.3) is 11.6 Å². The van der Waals surface area contributed by atoms with Crippen LogP contribution in [0.3, 0.4) is 0 Å². The van der Waals surface area contributed by atoms with E-state index in [0.717, 1.165) is 45.6 Å². The van der Waals surface area contributed by atoms with Crippen molar-refractivity contribution in [3.63, 3.8) is 0 Å². The Labute approximate surface area is 159 Å². The summed E-state index contributed by atoms with van der Waals surface area (Å²) in [5, 5.41) is 11.7. The lowest BCUT2D eigenvalue weighted by molar-refractivity contribution is -0.384. The first-order valence-electron chi connectivity index (χ1n) is 9.73. The number of nitro groups is 1. The molecule has 3 rings (SSSR count). The summed E-state index contributed by atoms with van der Waals surface area (Å²) in [5.74, 6) is -0.169. The Balaban J connectivity index is 1.79. The van der Waals surface area contributed by atoms with Crippen LogP contribution in [0.5, 0.6) is 0 Å². The van der Waals surface area contributed by atoms with Crippen molar-refractivity contribution in [1.82, 2.24) is 9.80 Å². The average Bonchev–Trinajstić information content (AvgIpc) is 2.93. The fourth-order valence-electron chi connectivity index (χ4n) is 3.77. The Morgan fingerprint density at radius 1 is 1.15 bits per heavy atom. The zero-order chi connectivity index (χ0) is 19.2. The molecule has 8 nitrogen and oxygen atoms in total. The van der Waals surface area contributed by atoms with E-state index in [1.54, 1.807) is 17.0 Å². The van der Waals surface area contributed by atoms with Crippen molar-refractivity contribution in [2.75, 3.05) is 63.9 Å². The van der Waals surface area contributed by atoms with Crippen molar-refractivity contribution < 1.29 is 14.5 Å². The van der Waals surface area contributed by atoms with Crippen LogP contribution < -0.4 is 4.90 Å². The van der Waals surface area contributed by atoms with Gasteiger partial charge in [0.2, 0.25) is 0 Å². The number of rotatable bonds is 5. The van der Waals surface area contributed by atoms with Gasteiger partial charge in [0.15, 0.2) is 0 Å². The number of carbonyl (C=O) groups is 1. The molecular weight excluding hydrogens is 348 g/mol. The van der Waals surface area contributed by atoms with E-state index in [-0.39, 0.29) is 16.5 Å². The number of anilines is 1. The second-order valence-electron chi connectivity index (χ2n) is 7.05. The van der Waals surface area contributed by atoms with E-state index in [1.807, 2.05) is 0 Å². The summed E-state index contributed by atoms with van der Waals surface area (Å²) in [6.07, 6.45) is 2.09. The van der Waals surface area contributed by atoms with Crippen molar-refractivity contribution in [3.05, 3.63) is 33.9 Å². The Kier molecular flexibility index (Phi) is 6.63. The van der Waals surface area contributed by atoms with Crippen molar-refractivity contribution >= 4 is 17.3 Å². The van der Waals surface area contributed by atoms with E-state index >= 15 is 0 Å². The molecule has 0 atom stereocenters. The first-order valence-corrected chi connectivity index (χ1v) is 9.73. The number of morpholine rings is 1. The van der Waals surface area contributed by atoms with Crippen molar-refractivity contribution in [2.24, 2.45) is 0 Å². The molecule has 8 heteroatoms. The number of carbonyl (C=O) groups excluding carboxylic acids is 1. The molecule has 2 aliphatic rings. The number of hydrogen-bond donors (Lipinski definition) is 0. The number of amides is 1. The van der Waals surface area contributed by atoms with Gasteiger partial charge in [0, 0.05) is 44.4 Å². The summed E-state index contributed by atoms with van der Waals surface area (Å²) in [7, 11) is 0. The lowest BCUT2D eigenvalue weighted by atomic mass is 10.1. The van der Waals surface area contributed by atoms with E-state index in [2.05, 4.69) is 16.7 Å². The maximum absolute atomic E-state index is 12.7. The Morgan fingerprint density at radius 3 is 2.63 bits per heavy atom. The molecule has 0 bridgehead atoms. The summed E-state index contributed by atoms with van der Waals surface area (Å²) in [6.45, 7) is 8.75. The monoisotopic (exact) mass is 376 g/mol. The van der Waals surface area contributed by atoms with Crippen LogP contribution in [-0.2, 0) is 4.74 Å². The predicted octanol–water partition coefficient (Wildman–Crippen LogP) is 1.99. The van der Waals surface area contributed by atoms with Crippen LogP contribution in [-0.4, -0.2) is 79.7 Å². The largest absolute Gasteiger partial charge is 0.378 e. The summed E-state index contributed by atoms with van der Waals surface area (Å²) < 4.78 is 5.27. The average molecular weight is 376 g/mol. The van der Waals surface area contributed by atoms with E-state index < -0.39 is 0 Å². The van der Waals surface area contributed by atoms with Gasteiger partial charge in [-0.1, -0.05) is 6.92 Å². The molecule has 0 saturated carbocycles. The van der Waals surface area contributed by atoms with Crippen LogP contribution >= 0.6 is 0 Å². The maximum Gasteiger partial charge on any atom is 0.293 e. The number of hydrogen-bond acceptors (Lipinski definition) is 6. The summed E-state index contributed by atoms with van der Waals surface area (Å²) in [5.41, 5.74) is 0.990. The first kappa shape index (κ1) is 19.6. The standard InChI is InChI=1S/C19H28N4O4/c1-2-6-20-7-3-8-21(10-9-20)17-5-4-16(15-18(17)23(25)26)19(24)22-11-13-27-14-12-22/h4-5,15H,2-3,6-14H2,1H3. The molecule has 0 aromatic heterocycles. The topological polar surface area (TPSA) is 79.2 Å². The Morgan fingerprint density at radius 2 is 1.93 bits per heavy atom. The van der Waals surface area contributed by atoms with Gasteiger partial charge in [-0.15, -0.1) is 0 Å². The third-order valence-corrected chi connectivity index (χ3v) is 5.19. The smallest absolute Gasteiger partial charge is 0.293 e. The van der Waals surface area contributed by atoms with Gasteiger partial charge in [-0.05, 0) is 38.1 Å². The third-order valence-electron chi connectivity index (χ3n) is 5.19. The van der Waals surface area contributed by atoms with E-state index in [9.17, 15) is 14.9 Å². The van der Waals surface area contributed by atoms with Crippen molar-refractivity contribution in [2.45, 2.75) is 19.8 Å². The van der Waals surface area contributed by atoms with Gasteiger partial charge in [-0.2, -0.15) is 0 Å². The second-order valence-corrected chi connectivity index (χ2v) is 7.05. The molecule has 0 radical (unpaired) electrons. The molecule has 2 saturated heterocycles. The Hall–Kier alpha value is -2.19. The predicted molar refractivity (Wildman–Crippen MR) is 103 cm³/mol. The quantitative estimate of drug-likeness (QED) is 0.578. The molecule has 1 amide bonds. The summed E-state index contributed by atoms with van der Waals surface area (Å²) >= 11 is 0. The number of nitrogens with zero attached hydrogens (tertiary/aromatic N) is 4. The lowest BCUT2D eigenvalue weighted by Gasteiger charge is -2.27. The van der Waals surface area contributed by atoms with E-state index in [1.165, 1.54) is 6.07 Å². The molecule has 0 N–H and O–H groups in total. The molecule has 2 aliphatic heterocycles. The minimum Gasteiger partial charge on any atom is -0.378 e. The molecule has 0 aliphatic carbocycles. The molecule has 1 aromatic carbocycles. The minimum absolute atomic E-state index is 0.0121. The minimum atomic E-state index is -0.375. The zero-order valence-corrected chi connectivity index (χ0v) is 15.9. The highest BCUT2D eigenvalue weighted by Crippen LogP contribution is 2.30. The highest BCUT2D eigenvalue weighted by atomic mass is 16.6. The van der Waals surface area contributed by atoms with Gasteiger partial charge in [0.05, 0.1) is 18.1 Å². The lowest BCUT2D eigenvalue weighted by Crippen LogP contribution is -2.40. The molecule has 0 spiro atoms. The number of benzene rings is 1. The van der Waals surface area contributed by atoms with Crippen molar-refractivity contribution in [1.29, 1.82) is 0 Å². The highest BCUT2D eigenvalue weighted by molar-refractivity contribution is 5.95. The molecule has 27 heavy (non-hydrogen) atoms. The fourth-order valence-corrected chi connectivity index (χ4v) is 3.77. The van der Waals surface area contributed by atoms with Gasteiger partial charge >= 0.3 is 0 Å². The first-order chi connectivity index (χ1) is 13.1. The van der Waals surface area contributed by atoms with Gasteiger partial charge in [0.1, 0.15) is 5.69 Å². The third kappa shape index (κ3) is 4.75. The molecule has 148 valence electrons. The molecular formula is C19H28N4O4. The van der Waals surface area contributed by atoms with E-state index in [4.69, 9.17) is 4.74 Å². The van der Waals surface area contributed by atoms with Gasteiger partial charge < -0.3 is 19.4 Å². The summed E-state index contributed by atoms with van der Waals surface area (Å²) in [4.78, 5) is 30.2. The fraction of sp³-hybridized carbons (Fsp3) is 0.632. The normalized spacial score (nSPS) is 19.0. The number of nitro benzene ring substituents is 1. The maximum atomic E-state index is 12.7. The van der Waals surface area contributed by atoms with Gasteiger partial charge in [-0.3, -0.25) is 14.9 Å². The molecule has 2 heterocycles. The highest BCUT2D eigenvalue weighted by Gasteiger charge is 2.26. The summed E-state index contributed by atoms with van der Waals surface area (Å²) in [6, 6.07) is 4.89. The van der Waals surface area contributed by atoms with E-state index in [0.29, 0.717) is 37.6 Å². The van der Waals surface area contributed by atoms with Crippen LogP contribution in [0.15, 0.2) is 18.2 Å². The van der Waals surface area contributed by atoms with Crippen LogP contribution in [0, 0.1) is 10.1 Å².